The van der Waals surface area contributed by atoms with Crippen molar-refractivity contribution in [3.63, 3.8) is 0 Å². The molecule has 0 rings (SSSR count). The molecule has 4 nitrogen and oxygen atoms in total. The molecule has 0 saturated heterocycles. The third-order valence-corrected chi connectivity index (χ3v) is 1.16. The average molecular weight is 223 g/mol. The van der Waals surface area contributed by atoms with Crippen LogP contribution in [-0.4, -0.2) is 21.6 Å². The van der Waals surface area contributed by atoms with Crippen molar-refractivity contribution < 1.29 is 104 Å². The second kappa shape index (κ2) is 11.2. The van der Waals surface area contributed by atoms with Crippen LogP contribution in [0.25, 0.3) is 0 Å². The van der Waals surface area contributed by atoms with E-state index in [1.54, 1.807) is 0 Å². The van der Waals surface area contributed by atoms with E-state index in [1.165, 1.54) is 0 Å². The predicted molar refractivity (Wildman–Crippen MR) is 13.4 cm³/mol. The van der Waals surface area contributed by atoms with Crippen molar-refractivity contribution in [2.75, 3.05) is 7.11 Å². The van der Waals surface area contributed by atoms with Crippen molar-refractivity contribution in [1.29, 1.82) is 0 Å². The van der Waals surface area contributed by atoms with Gasteiger partial charge in [-0.25, -0.2) is 0 Å². The Balaban J connectivity index is -0.0000000417. The molecule has 0 saturated carbocycles. The quantitative estimate of drug-likeness (QED) is 0.414. The summed E-state index contributed by atoms with van der Waals surface area (Å²) in [6.07, 6.45) is 0. The fourth-order valence-electron chi connectivity index (χ4n) is 0. The van der Waals surface area contributed by atoms with Crippen LogP contribution >= 0.6 is 0 Å². The van der Waals surface area contributed by atoms with Gasteiger partial charge in [0.1, 0.15) is 0 Å². The van der Waals surface area contributed by atoms with E-state index in [0.717, 1.165) is 7.11 Å². The summed E-state index contributed by atoms with van der Waals surface area (Å²) in [5, 5.41) is 0. The van der Waals surface area contributed by atoms with Crippen LogP contribution in [-0.2, 0) is 7.47 Å². The summed E-state index contributed by atoms with van der Waals surface area (Å²) >= 11 is -5.16. The number of rotatable bonds is 1. The fourth-order valence-corrected chi connectivity index (χ4v) is 0. The van der Waals surface area contributed by atoms with E-state index >= 15 is 0 Å². The Labute approximate surface area is 123 Å². The molecule has 0 bridgehead atoms. The molecule has 0 aliphatic carbocycles. The minimum absolute atomic E-state index is 0. The van der Waals surface area contributed by atoms with E-state index in [4.69, 9.17) is 0 Å². The number of hydrogen-bond acceptors (Lipinski definition) is 4. The second-order valence-electron chi connectivity index (χ2n) is 0.630. The van der Waals surface area contributed by atoms with Crippen LogP contribution in [0.5, 0.6) is 0 Å². The minimum Gasteiger partial charge on any atom is 1.00 e. The zero-order chi connectivity index (χ0) is 5.21. The fraction of sp³-hybridized carbons (Fsp3) is 1.00. The maximum absolute atomic E-state index is 9.31. The Kier molecular flexibility index (Phi) is 28.4. The van der Waals surface area contributed by atoms with Gasteiger partial charge in [-0.2, -0.15) is 0 Å². The Hall–Kier alpha value is 3.24. The van der Waals surface area contributed by atoms with Crippen molar-refractivity contribution in [2.24, 2.45) is 0 Å². The van der Waals surface area contributed by atoms with Gasteiger partial charge in [0.05, 0.1) is 0 Å². The molecular formula is CH3AsNa3O4+. The first-order valence-electron chi connectivity index (χ1n) is 1.14. The average Bonchev–Trinajstić information content (AvgIpc) is 1.35. The van der Waals surface area contributed by atoms with Gasteiger partial charge in [-0.05, 0) is 0 Å². The SMILES string of the molecule is CO[As](=O)([O-])[O-].[Na+].[Na+].[Na+]. The third kappa shape index (κ3) is 24.6. The molecular weight excluding hydrogens is 220 g/mol. The summed E-state index contributed by atoms with van der Waals surface area (Å²) in [6.45, 7) is 0. The molecule has 0 aromatic rings. The van der Waals surface area contributed by atoms with Crippen LogP contribution in [0.15, 0.2) is 0 Å². The molecule has 0 unspecified atom stereocenters. The Morgan fingerprint density at radius 3 is 1.33 bits per heavy atom. The Morgan fingerprint density at radius 2 is 1.33 bits per heavy atom. The zero-order valence-electron chi connectivity index (χ0n) is 6.08. The zero-order valence-corrected chi connectivity index (χ0v) is 14.0. The predicted octanol–water partition coefficient (Wildman–Crippen LogP) is -11.8. The molecule has 0 aromatic carbocycles. The van der Waals surface area contributed by atoms with E-state index in [9.17, 15) is 11.9 Å². The maximum Gasteiger partial charge on any atom is 1.00 e. The standard InChI is InChI=1S/CH5AsO4.3Na/c1-6-2(3,4)5;;;/h1H3,(H2,3,4,5);;;/q;3*+1/p-2. The van der Waals surface area contributed by atoms with Gasteiger partial charge in [0.15, 0.2) is 0 Å². The van der Waals surface area contributed by atoms with Crippen molar-refractivity contribution in [2.45, 2.75) is 0 Å². The third-order valence-electron chi connectivity index (χ3n) is 0.224. The van der Waals surface area contributed by atoms with Crippen LogP contribution in [0.2, 0.25) is 0 Å². The van der Waals surface area contributed by atoms with Gasteiger partial charge >= 0.3 is 126 Å². The molecule has 0 spiro atoms. The minimum atomic E-state index is -5.16. The van der Waals surface area contributed by atoms with Crippen LogP contribution in [0.3, 0.4) is 0 Å². The maximum atomic E-state index is 9.31. The smallest absolute Gasteiger partial charge is 1.00 e. The van der Waals surface area contributed by atoms with Gasteiger partial charge in [-0.15, -0.1) is 0 Å². The van der Waals surface area contributed by atoms with Gasteiger partial charge in [0, 0.05) is 0 Å². The van der Waals surface area contributed by atoms with Gasteiger partial charge in [-0.3, -0.25) is 0 Å². The van der Waals surface area contributed by atoms with Crippen molar-refractivity contribution >= 4 is 14.5 Å². The summed E-state index contributed by atoms with van der Waals surface area (Å²) < 4.78 is 31.4. The molecule has 0 amide bonds. The van der Waals surface area contributed by atoms with Crippen LogP contribution in [0.4, 0.5) is 0 Å². The van der Waals surface area contributed by atoms with E-state index in [1.807, 2.05) is 0 Å². The molecule has 38 valence electrons. The Bertz CT molecular complexity index is 79.9. The first-order chi connectivity index (χ1) is 2.56. The van der Waals surface area contributed by atoms with Gasteiger partial charge in [0.2, 0.25) is 0 Å². The molecule has 0 radical (unpaired) electrons. The second-order valence-corrected chi connectivity index (χ2v) is 3.27. The molecule has 0 aliphatic heterocycles. The monoisotopic (exact) mass is 223 g/mol. The van der Waals surface area contributed by atoms with Crippen molar-refractivity contribution in [3.05, 3.63) is 0 Å². The first-order valence-corrected chi connectivity index (χ1v) is 4.20. The molecule has 0 aliphatic rings. The Morgan fingerprint density at radius 1 is 1.22 bits per heavy atom. The molecule has 0 fully saturated rings. The van der Waals surface area contributed by atoms with E-state index in [0.29, 0.717) is 0 Å². The summed E-state index contributed by atoms with van der Waals surface area (Å²) in [7, 11) is 0.847. The largest absolute Gasteiger partial charge is 1.00 e. The van der Waals surface area contributed by atoms with Gasteiger partial charge in [0.25, 0.3) is 0 Å². The van der Waals surface area contributed by atoms with E-state index < -0.39 is 14.5 Å². The number of hydrogen-bond donors (Lipinski definition) is 0. The van der Waals surface area contributed by atoms with Crippen LogP contribution < -0.4 is 96.9 Å². The molecule has 0 N–H and O–H groups in total. The topological polar surface area (TPSA) is 72.4 Å². The molecule has 0 aromatic heterocycles. The normalized spacial score (nSPS) is 7.89. The summed E-state index contributed by atoms with van der Waals surface area (Å²) in [4.78, 5) is 0. The van der Waals surface area contributed by atoms with Crippen LogP contribution in [0.1, 0.15) is 0 Å². The molecule has 9 heavy (non-hydrogen) atoms. The van der Waals surface area contributed by atoms with Gasteiger partial charge < -0.3 is 0 Å². The molecule has 8 heteroatoms. The van der Waals surface area contributed by atoms with E-state index in [2.05, 4.69) is 3.73 Å². The molecule has 0 heterocycles. The van der Waals surface area contributed by atoms with Crippen molar-refractivity contribution in [1.82, 2.24) is 0 Å². The summed E-state index contributed by atoms with van der Waals surface area (Å²) in [5.74, 6) is 0. The van der Waals surface area contributed by atoms with Crippen molar-refractivity contribution in [3.8, 4) is 0 Å². The van der Waals surface area contributed by atoms with Crippen LogP contribution in [0, 0.1) is 0 Å². The molecule has 0 atom stereocenters. The first kappa shape index (κ1) is 22.8. The summed E-state index contributed by atoms with van der Waals surface area (Å²) in [6, 6.07) is 0. The van der Waals surface area contributed by atoms with E-state index in [-0.39, 0.29) is 88.7 Å². The van der Waals surface area contributed by atoms with Gasteiger partial charge in [-0.1, -0.05) is 0 Å². The summed E-state index contributed by atoms with van der Waals surface area (Å²) in [5.41, 5.74) is 0.